The number of benzene rings is 2. The third-order valence-electron chi connectivity index (χ3n) is 3.87. The SMILES string of the molecule is COc1ccc(NC(=O)[C@@H](C)OC(=O)c2cc(S(C)(=O)=O)ccc2C)cc1. The Kier molecular flexibility index (Phi) is 6.22. The van der Waals surface area contributed by atoms with Crippen molar-refractivity contribution in [2.75, 3.05) is 18.7 Å². The molecule has 1 amide bonds. The first kappa shape index (κ1) is 20.4. The molecule has 0 heterocycles. The fourth-order valence-electron chi connectivity index (χ4n) is 2.25. The van der Waals surface area contributed by atoms with Gasteiger partial charge in [-0.3, -0.25) is 4.79 Å². The average Bonchev–Trinajstić information content (AvgIpc) is 2.61. The Morgan fingerprint density at radius 1 is 1.07 bits per heavy atom. The van der Waals surface area contributed by atoms with Crippen LogP contribution in [0.5, 0.6) is 5.75 Å². The number of rotatable bonds is 6. The van der Waals surface area contributed by atoms with Crippen LogP contribution in [0.25, 0.3) is 0 Å². The molecule has 0 fully saturated rings. The highest BCUT2D eigenvalue weighted by atomic mass is 32.2. The van der Waals surface area contributed by atoms with Crippen LogP contribution in [0.15, 0.2) is 47.4 Å². The first-order chi connectivity index (χ1) is 12.6. The van der Waals surface area contributed by atoms with Crippen LogP contribution >= 0.6 is 0 Å². The second-order valence-corrected chi connectivity index (χ2v) is 8.03. The minimum absolute atomic E-state index is 0.00962. The number of sulfone groups is 1. The fourth-order valence-corrected chi connectivity index (χ4v) is 2.89. The molecule has 2 aromatic rings. The summed E-state index contributed by atoms with van der Waals surface area (Å²) in [6.07, 6.45) is -0.0153. The molecule has 0 saturated carbocycles. The van der Waals surface area contributed by atoms with Gasteiger partial charge in [0.2, 0.25) is 0 Å². The molecule has 8 heteroatoms. The lowest BCUT2D eigenvalue weighted by Gasteiger charge is -2.15. The number of methoxy groups -OCH3 is 1. The fraction of sp³-hybridized carbons (Fsp3) is 0.263. The van der Waals surface area contributed by atoms with Crippen LogP contribution in [0, 0.1) is 6.92 Å². The molecule has 2 aromatic carbocycles. The van der Waals surface area contributed by atoms with Gasteiger partial charge in [0, 0.05) is 11.9 Å². The van der Waals surface area contributed by atoms with Gasteiger partial charge in [-0.2, -0.15) is 0 Å². The van der Waals surface area contributed by atoms with Crippen molar-refractivity contribution >= 4 is 27.4 Å². The Bertz CT molecular complexity index is 951. The number of anilines is 1. The Labute approximate surface area is 158 Å². The molecule has 7 nitrogen and oxygen atoms in total. The molecule has 0 unspecified atom stereocenters. The Hall–Kier alpha value is -2.87. The summed E-state index contributed by atoms with van der Waals surface area (Å²) >= 11 is 0. The molecule has 0 aliphatic rings. The summed E-state index contributed by atoms with van der Waals surface area (Å²) in [4.78, 5) is 24.6. The number of aryl methyl sites for hydroxylation is 1. The van der Waals surface area contributed by atoms with E-state index in [9.17, 15) is 18.0 Å². The van der Waals surface area contributed by atoms with Crippen LogP contribution in [-0.2, 0) is 19.4 Å². The maximum Gasteiger partial charge on any atom is 0.339 e. The van der Waals surface area contributed by atoms with Gasteiger partial charge in [0.15, 0.2) is 15.9 Å². The predicted octanol–water partition coefficient (Wildman–Crippen LogP) is 2.59. The number of hydrogen-bond acceptors (Lipinski definition) is 6. The van der Waals surface area contributed by atoms with Crippen LogP contribution in [0.4, 0.5) is 5.69 Å². The topological polar surface area (TPSA) is 98.8 Å². The van der Waals surface area contributed by atoms with Gasteiger partial charge in [0.25, 0.3) is 5.91 Å². The summed E-state index contributed by atoms with van der Waals surface area (Å²) in [5.41, 5.74) is 1.18. The van der Waals surface area contributed by atoms with E-state index < -0.39 is 27.8 Å². The Balaban J connectivity index is 2.09. The molecule has 0 aromatic heterocycles. The van der Waals surface area contributed by atoms with Gasteiger partial charge in [0.1, 0.15) is 5.75 Å². The zero-order valence-electron chi connectivity index (χ0n) is 15.5. The molecular formula is C19H21NO6S. The largest absolute Gasteiger partial charge is 0.497 e. The predicted molar refractivity (Wildman–Crippen MR) is 101 cm³/mol. The molecule has 0 saturated heterocycles. The molecule has 2 rings (SSSR count). The van der Waals surface area contributed by atoms with Crippen molar-refractivity contribution in [3.63, 3.8) is 0 Å². The summed E-state index contributed by atoms with van der Waals surface area (Å²) in [5, 5.41) is 2.63. The number of amides is 1. The number of nitrogens with one attached hydrogen (secondary N) is 1. The van der Waals surface area contributed by atoms with E-state index in [1.165, 1.54) is 32.2 Å². The van der Waals surface area contributed by atoms with Gasteiger partial charge in [-0.15, -0.1) is 0 Å². The Morgan fingerprint density at radius 2 is 1.70 bits per heavy atom. The van der Waals surface area contributed by atoms with Gasteiger partial charge >= 0.3 is 5.97 Å². The quantitative estimate of drug-likeness (QED) is 0.760. The van der Waals surface area contributed by atoms with Crippen molar-refractivity contribution < 1.29 is 27.5 Å². The van der Waals surface area contributed by atoms with Crippen molar-refractivity contribution in [2.24, 2.45) is 0 Å². The minimum Gasteiger partial charge on any atom is -0.497 e. The van der Waals surface area contributed by atoms with Gasteiger partial charge < -0.3 is 14.8 Å². The second-order valence-electron chi connectivity index (χ2n) is 6.01. The minimum atomic E-state index is -3.46. The average molecular weight is 391 g/mol. The molecule has 0 radical (unpaired) electrons. The van der Waals surface area contributed by atoms with E-state index in [1.807, 2.05) is 0 Å². The van der Waals surface area contributed by atoms with E-state index >= 15 is 0 Å². The van der Waals surface area contributed by atoms with E-state index in [1.54, 1.807) is 31.2 Å². The third-order valence-corrected chi connectivity index (χ3v) is 4.98. The van der Waals surface area contributed by atoms with E-state index in [0.29, 0.717) is 17.0 Å². The van der Waals surface area contributed by atoms with Crippen LogP contribution in [0.3, 0.4) is 0 Å². The van der Waals surface area contributed by atoms with Crippen molar-refractivity contribution in [1.29, 1.82) is 0 Å². The van der Waals surface area contributed by atoms with Crippen molar-refractivity contribution in [3.8, 4) is 5.75 Å². The highest BCUT2D eigenvalue weighted by molar-refractivity contribution is 7.90. The van der Waals surface area contributed by atoms with Crippen LogP contribution in [0.2, 0.25) is 0 Å². The maximum atomic E-state index is 12.4. The summed E-state index contributed by atoms with van der Waals surface area (Å²) < 4.78 is 33.6. The zero-order valence-corrected chi connectivity index (χ0v) is 16.3. The third kappa shape index (κ3) is 5.30. The normalized spacial score (nSPS) is 12.1. The lowest BCUT2D eigenvalue weighted by Crippen LogP contribution is -2.30. The lowest BCUT2D eigenvalue weighted by molar-refractivity contribution is -0.123. The van der Waals surface area contributed by atoms with E-state index in [2.05, 4.69) is 5.32 Å². The smallest absolute Gasteiger partial charge is 0.339 e. The highest BCUT2D eigenvalue weighted by Crippen LogP contribution is 2.18. The molecule has 0 aliphatic carbocycles. The standard InChI is InChI=1S/C19H21NO6S/c1-12-5-10-16(27(4,23)24)11-17(12)19(22)26-13(2)18(21)20-14-6-8-15(25-3)9-7-14/h5-11,13H,1-4H3,(H,20,21)/t13-/m1/s1. The van der Waals surface area contributed by atoms with E-state index in [-0.39, 0.29) is 10.5 Å². The van der Waals surface area contributed by atoms with Gasteiger partial charge in [0.05, 0.1) is 17.6 Å². The summed E-state index contributed by atoms with van der Waals surface area (Å²) in [6.45, 7) is 3.09. The maximum absolute atomic E-state index is 12.4. The lowest BCUT2D eigenvalue weighted by atomic mass is 10.1. The van der Waals surface area contributed by atoms with Crippen LogP contribution in [0.1, 0.15) is 22.8 Å². The molecular weight excluding hydrogens is 370 g/mol. The summed E-state index contributed by atoms with van der Waals surface area (Å²) in [6, 6.07) is 10.9. The number of carbonyl (C=O) groups is 2. The molecule has 27 heavy (non-hydrogen) atoms. The van der Waals surface area contributed by atoms with Gasteiger partial charge in [-0.25, -0.2) is 13.2 Å². The van der Waals surface area contributed by atoms with Gasteiger partial charge in [-0.05, 0) is 55.8 Å². The Morgan fingerprint density at radius 3 is 2.26 bits per heavy atom. The monoisotopic (exact) mass is 391 g/mol. The molecule has 0 aliphatic heterocycles. The molecule has 1 atom stereocenters. The highest BCUT2D eigenvalue weighted by Gasteiger charge is 2.21. The zero-order chi connectivity index (χ0) is 20.2. The second kappa shape index (κ2) is 8.22. The van der Waals surface area contributed by atoms with Crippen LogP contribution in [-0.4, -0.2) is 39.8 Å². The van der Waals surface area contributed by atoms with Crippen LogP contribution < -0.4 is 10.1 Å². The first-order valence-electron chi connectivity index (χ1n) is 8.08. The summed E-state index contributed by atoms with van der Waals surface area (Å²) in [5.74, 6) is -0.630. The van der Waals surface area contributed by atoms with Crippen molar-refractivity contribution in [3.05, 3.63) is 53.6 Å². The number of carbonyl (C=O) groups excluding carboxylic acids is 2. The van der Waals surface area contributed by atoms with Gasteiger partial charge in [-0.1, -0.05) is 6.07 Å². The van der Waals surface area contributed by atoms with E-state index in [4.69, 9.17) is 9.47 Å². The molecule has 144 valence electrons. The summed E-state index contributed by atoms with van der Waals surface area (Å²) in [7, 11) is -1.93. The number of esters is 1. The number of ether oxygens (including phenoxy) is 2. The molecule has 1 N–H and O–H groups in total. The first-order valence-corrected chi connectivity index (χ1v) is 9.97. The van der Waals surface area contributed by atoms with Crippen molar-refractivity contribution in [2.45, 2.75) is 24.8 Å². The van der Waals surface area contributed by atoms with E-state index in [0.717, 1.165) is 6.26 Å². The molecule has 0 spiro atoms. The number of hydrogen-bond donors (Lipinski definition) is 1. The molecule has 0 bridgehead atoms. The van der Waals surface area contributed by atoms with Crippen molar-refractivity contribution in [1.82, 2.24) is 0 Å².